The largest absolute Gasteiger partial charge is 0.321 e. The Labute approximate surface area is 193 Å². The predicted octanol–water partition coefficient (Wildman–Crippen LogP) is 2.36. The van der Waals surface area contributed by atoms with Gasteiger partial charge in [0.1, 0.15) is 11.9 Å². The summed E-state index contributed by atoms with van der Waals surface area (Å²) in [5.41, 5.74) is 2.21. The van der Waals surface area contributed by atoms with E-state index in [-0.39, 0.29) is 25.3 Å². The molecular formula is C20H19N9O2S2. The summed E-state index contributed by atoms with van der Waals surface area (Å²) in [7, 11) is -3.32. The maximum atomic E-state index is 12.2. The average molecular weight is 482 g/mol. The second-order valence-corrected chi connectivity index (χ2v) is 10.9. The molecule has 168 valence electrons. The highest BCUT2D eigenvalue weighted by Crippen LogP contribution is 2.37. The Balaban J connectivity index is 1.50. The van der Waals surface area contributed by atoms with Crippen LogP contribution in [0.1, 0.15) is 13.3 Å². The molecule has 0 unspecified atom stereocenters. The topological polar surface area (TPSA) is 143 Å². The van der Waals surface area contributed by atoms with E-state index in [2.05, 4.69) is 31.4 Å². The molecule has 4 aromatic heterocycles. The number of thiophene rings is 1. The van der Waals surface area contributed by atoms with Crippen LogP contribution in [0.15, 0.2) is 42.6 Å². The number of nitrogens with zero attached hydrogens (tertiary/aromatic N) is 8. The van der Waals surface area contributed by atoms with Crippen LogP contribution in [-0.2, 0) is 15.6 Å². The maximum absolute atomic E-state index is 12.2. The Morgan fingerprint density at radius 1 is 1.24 bits per heavy atom. The van der Waals surface area contributed by atoms with Gasteiger partial charge in [0.25, 0.3) is 0 Å². The van der Waals surface area contributed by atoms with Crippen LogP contribution in [0.2, 0.25) is 0 Å². The van der Waals surface area contributed by atoms with Crippen LogP contribution in [0.25, 0.3) is 21.5 Å². The van der Waals surface area contributed by atoms with Crippen molar-refractivity contribution in [3.05, 3.63) is 42.6 Å². The molecule has 13 heteroatoms. The van der Waals surface area contributed by atoms with Gasteiger partial charge in [-0.2, -0.15) is 14.7 Å². The number of hydrogen-bond acceptors (Lipinski definition) is 10. The third-order valence-electron chi connectivity index (χ3n) is 5.57. The van der Waals surface area contributed by atoms with Gasteiger partial charge >= 0.3 is 0 Å². The Morgan fingerprint density at radius 3 is 2.76 bits per heavy atom. The van der Waals surface area contributed by atoms with Crippen molar-refractivity contribution in [1.29, 1.82) is 5.26 Å². The number of sulfonamides is 1. The third kappa shape index (κ3) is 3.82. The quantitative estimate of drug-likeness (QED) is 0.421. The van der Waals surface area contributed by atoms with Crippen LogP contribution in [0.4, 0.5) is 11.6 Å². The molecule has 0 radical (unpaired) electrons. The van der Waals surface area contributed by atoms with Crippen molar-refractivity contribution >= 4 is 43.2 Å². The van der Waals surface area contributed by atoms with Gasteiger partial charge in [0, 0.05) is 24.8 Å². The molecule has 0 bridgehead atoms. The summed E-state index contributed by atoms with van der Waals surface area (Å²) >= 11 is 1.52. The van der Waals surface area contributed by atoms with Crippen LogP contribution in [0, 0.1) is 11.3 Å². The summed E-state index contributed by atoms with van der Waals surface area (Å²) in [5, 5.41) is 19.0. The molecule has 0 atom stereocenters. The van der Waals surface area contributed by atoms with Crippen molar-refractivity contribution in [1.82, 2.24) is 34.0 Å². The van der Waals surface area contributed by atoms with Gasteiger partial charge in [-0.05, 0) is 18.4 Å². The molecule has 33 heavy (non-hydrogen) atoms. The first kappa shape index (κ1) is 21.4. The summed E-state index contributed by atoms with van der Waals surface area (Å²) in [4.78, 5) is 17.3. The summed E-state index contributed by atoms with van der Waals surface area (Å²) in [5.74, 6) is 0.425. The molecule has 4 aromatic rings. The molecule has 0 aromatic carbocycles. The highest BCUT2D eigenvalue weighted by molar-refractivity contribution is 7.89. The lowest BCUT2D eigenvalue weighted by Gasteiger charge is -2.47. The average Bonchev–Trinajstić information content (AvgIpc) is 3.46. The van der Waals surface area contributed by atoms with Gasteiger partial charge < -0.3 is 5.32 Å². The van der Waals surface area contributed by atoms with Gasteiger partial charge in [-0.1, -0.05) is 0 Å². The van der Waals surface area contributed by atoms with E-state index in [4.69, 9.17) is 4.98 Å². The second kappa shape index (κ2) is 8.14. The van der Waals surface area contributed by atoms with E-state index in [1.807, 2.05) is 17.6 Å². The van der Waals surface area contributed by atoms with Crippen molar-refractivity contribution in [3.8, 4) is 17.3 Å². The highest BCUT2D eigenvalue weighted by Gasteiger charge is 2.49. The Morgan fingerprint density at radius 2 is 2.03 bits per heavy atom. The number of hydrogen-bond donors (Lipinski definition) is 1. The third-order valence-corrected chi connectivity index (χ3v) is 8.25. The number of nitrogens with one attached hydrogen (secondary N) is 1. The van der Waals surface area contributed by atoms with Crippen molar-refractivity contribution in [2.24, 2.45) is 0 Å². The zero-order valence-electron chi connectivity index (χ0n) is 17.6. The smallest absolute Gasteiger partial charge is 0.228 e. The number of nitriles is 1. The molecule has 0 saturated carbocycles. The lowest BCUT2D eigenvalue weighted by molar-refractivity contribution is 0.0719. The van der Waals surface area contributed by atoms with Crippen molar-refractivity contribution in [2.45, 2.75) is 18.9 Å². The van der Waals surface area contributed by atoms with Crippen LogP contribution in [-0.4, -0.2) is 61.3 Å². The van der Waals surface area contributed by atoms with Crippen LogP contribution in [0.5, 0.6) is 0 Å². The van der Waals surface area contributed by atoms with E-state index in [0.717, 1.165) is 15.8 Å². The van der Waals surface area contributed by atoms with Gasteiger partial charge in [0.15, 0.2) is 0 Å². The maximum Gasteiger partial charge on any atom is 0.228 e. The minimum atomic E-state index is -3.32. The van der Waals surface area contributed by atoms with Crippen molar-refractivity contribution in [3.63, 3.8) is 0 Å². The molecule has 1 fully saturated rings. The van der Waals surface area contributed by atoms with Gasteiger partial charge in [-0.15, -0.1) is 11.3 Å². The van der Waals surface area contributed by atoms with E-state index < -0.39 is 15.6 Å². The van der Waals surface area contributed by atoms with Gasteiger partial charge in [-0.25, -0.2) is 28.4 Å². The minimum absolute atomic E-state index is 0.0273. The van der Waals surface area contributed by atoms with E-state index in [1.165, 1.54) is 22.0 Å². The van der Waals surface area contributed by atoms with E-state index in [0.29, 0.717) is 17.3 Å². The first-order valence-electron chi connectivity index (χ1n) is 10.1. The van der Waals surface area contributed by atoms with Crippen molar-refractivity contribution < 1.29 is 8.42 Å². The number of anilines is 2. The van der Waals surface area contributed by atoms with E-state index >= 15 is 0 Å². The molecule has 5 heterocycles. The van der Waals surface area contributed by atoms with Gasteiger partial charge in [-0.3, -0.25) is 4.68 Å². The molecule has 1 aliphatic rings. The van der Waals surface area contributed by atoms with Crippen LogP contribution >= 0.6 is 11.3 Å². The summed E-state index contributed by atoms with van der Waals surface area (Å²) in [6, 6.07) is 4.10. The molecular weight excluding hydrogens is 462 g/mol. The zero-order chi connectivity index (χ0) is 23.1. The minimum Gasteiger partial charge on any atom is -0.321 e. The molecule has 0 spiro atoms. The Bertz CT molecular complexity index is 1450. The predicted molar refractivity (Wildman–Crippen MR) is 123 cm³/mol. The zero-order valence-corrected chi connectivity index (χ0v) is 19.2. The number of fused-ring (bicyclic) bond motifs is 1. The fraction of sp³-hybridized carbons (Fsp3) is 0.300. The number of rotatable bonds is 7. The van der Waals surface area contributed by atoms with Crippen molar-refractivity contribution in [2.75, 3.05) is 24.2 Å². The molecule has 1 saturated heterocycles. The molecule has 0 aliphatic carbocycles. The highest BCUT2D eigenvalue weighted by atomic mass is 32.2. The van der Waals surface area contributed by atoms with Crippen LogP contribution in [0.3, 0.4) is 0 Å². The lowest BCUT2D eigenvalue weighted by atomic mass is 9.89. The Hall–Kier alpha value is -3.47. The fourth-order valence-corrected chi connectivity index (χ4v) is 5.87. The van der Waals surface area contributed by atoms with E-state index in [1.54, 1.807) is 30.2 Å². The standard InChI is InChI=1S/C20H19N9O2S2/c1-2-33(30,31)28-11-20(12-28,4-5-21)29-10-14(7-24-29)17-18-16(3-6-32-18)26-19(27-17)25-15-8-22-13-23-9-15/h3,6-10,13H,2,4,11-12H2,1H3,(H,25,26,27). The molecule has 5 rings (SSSR count). The lowest BCUT2D eigenvalue weighted by Crippen LogP contribution is -2.64. The summed E-state index contributed by atoms with van der Waals surface area (Å²) in [6.07, 6.45) is 8.37. The summed E-state index contributed by atoms with van der Waals surface area (Å²) in [6.45, 7) is 2.05. The summed E-state index contributed by atoms with van der Waals surface area (Å²) < 4.78 is 28.4. The molecule has 11 nitrogen and oxygen atoms in total. The molecule has 0 amide bonds. The molecule has 1 N–H and O–H groups in total. The first-order valence-corrected chi connectivity index (χ1v) is 12.6. The SMILES string of the molecule is CCS(=O)(=O)N1CC(CC#N)(n2cc(-c3nc(Nc4cncnc4)nc4ccsc34)cn2)C1. The first-order chi connectivity index (χ1) is 15.9. The second-order valence-electron chi connectivity index (χ2n) is 7.68. The van der Waals surface area contributed by atoms with Gasteiger partial charge in [0.2, 0.25) is 16.0 Å². The Kier molecular flexibility index (Phi) is 5.28. The van der Waals surface area contributed by atoms with Gasteiger partial charge in [0.05, 0.1) is 58.4 Å². The van der Waals surface area contributed by atoms with E-state index in [9.17, 15) is 13.7 Å². The van der Waals surface area contributed by atoms with Crippen LogP contribution < -0.4 is 5.32 Å². The fourth-order valence-electron chi connectivity index (χ4n) is 3.79. The molecule has 1 aliphatic heterocycles. The normalized spacial score (nSPS) is 15.8. The monoisotopic (exact) mass is 481 g/mol. The number of aromatic nitrogens is 6.